The van der Waals surface area contributed by atoms with Crippen molar-refractivity contribution in [3.05, 3.63) is 28.8 Å². The number of hydrogen-bond acceptors (Lipinski definition) is 4. The van der Waals surface area contributed by atoms with Gasteiger partial charge in [0.1, 0.15) is 5.75 Å². The minimum absolute atomic E-state index is 0.0177. The van der Waals surface area contributed by atoms with Crippen LogP contribution in [0.4, 0.5) is 4.79 Å². The first-order valence-electron chi connectivity index (χ1n) is 6.51. The molecule has 1 rings (SSSR count). The van der Waals surface area contributed by atoms with Gasteiger partial charge in [-0.15, -0.1) is 0 Å². The number of amides is 1. The van der Waals surface area contributed by atoms with Crippen LogP contribution < -0.4 is 10.5 Å². The number of ether oxygens (including phenoxy) is 2. The third kappa shape index (κ3) is 3.29. The van der Waals surface area contributed by atoms with Crippen molar-refractivity contribution < 1.29 is 19.1 Å². The molecular formula is C15H21NO4. The highest BCUT2D eigenvalue weighted by atomic mass is 16.7. The summed E-state index contributed by atoms with van der Waals surface area (Å²) in [6.45, 7) is 7.78. The van der Waals surface area contributed by atoms with E-state index < -0.39 is 12.1 Å². The van der Waals surface area contributed by atoms with E-state index in [1.54, 1.807) is 12.1 Å². The van der Waals surface area contributed by atoms with Gasteiger partial charge in [-0.1, -0.05) is 33.8 Å². The quantitative estimate of drug-likeness (QED) is 0.678. The van der Waals surface area contributed by atoms with Gasteiger partial charge in [-0.05, 0) is 23.5 Å². The smallest absolute Gasteiger partial charge is 0.437 e. The number of hydrogen-bond donors (Lipinski definition) is 1. The molecule has 0 unspecified atom stereocenters. The Morgan fingerprint density at radius 3 is 2.10 bits per heavy atom. The second-order valence-electron chi connectivity index (χ2n) is 5.17. The number of nitrogens with two attached hydrogens (primary N) is 1. The molecular weight excluding hydrogens is 258 g/mol. The highest BCUT2D eigenvalue weighted by Crippen LogP contribution is 2.37. The molecule has 110 valence electrons. The summed E-state index contributed by atoms with van der Waals surface area (Å²) in [5, 5.41) is 0. The molecule has 5 nitrogen and oxygen atoms in total. The van der Waals surface area contributed by atoms with E-state index >= 15 is 0 Å². The van der Waals surface area contributed by atoms with Gasteiger partial charge in [-0.2, -0.15) is 0 Å². The molecule has 0 heterocycles. The first-order chi connectivity index (χ1) is 9.29. The maximum absolute atomic E-state index is 11.6. The van der Waals surface area contributed by atoms with Crippen molar-refractivity contribution in [1.29, 1.82) is 0 Å². The summed E-state index contributed by atoms with van der Waals surface area (Å²) in [5.41, 5.74) is 7.23. The lowest BCUT2D eigenvalue weighted by Crippen LogP contribution is -2.18. The number of primary amides is 1. The molecule has 0 aromatic heterocycles. The molecule has 0 saturated carbocycles. The van der Waals surface area contributed by atoms with Gasteiger partial charge in [-0.3, -0.25) is 4.79 Å². The fourth-order valence-corrected chi connectivity index (χ4v) is 2.10. The Labute approximate surface area is 119 Å². The van der Waals surface area contributed by atoms with Crippen LogP contribution in [0.1, 0.15) is 61.0 Å². The maximum atomic E-state index is 11.6. The van der Waals surface area contributed by atoms with Gasteiger partial charge in [0.25, 0.3) is 0 Å². The summed E-state index contributed by atoms with van der Waals surface area (Å²) in [5.74, 6) is -0.0539. The van der Waals surface area contributed by atoms with Crippen LogP contribution in [0.25, 0.3) is 0 Å². The fraction of sp³-hybridized carbons (Fsp3) is 0.467. The molecule has 1 aromatic carbocycles. The summed E-state index contributed by atoms with van der Waals surface area (Å²) >= 11 is 0. The first kappa shape index (κ1) is 16.0. The zero-order chi connectivity index (χ0) is 15.4. The van der Waals surface area contributed by atoms with Crippen LogP contribution >= 0.6 is 0 Å². The van der Waals surface area contributed by atoms with Gasteiger partial charge in [0.2, 0.25) is 5.91 Å². The molecule has 0 aliphatic carbocycles. The molecule has 0 spiro atoms. The highest BCUT2D eigenvalue weighted by Gasteiger charge is 2.23. The second kappa shape index (κ2) is 6.41. The topological polar surface area (TPSA) is 78.6 Å². The zero-order valence-corrected chi connectivity index (χ0v) is 12.5. The van der Waals surface area contributed by atoms with Crippen LogP contribution in [-0.4, -0.2) is 19.2 Å². The molecule has 0 aliphatic rings. The highest BCUT2D eigenvalue weighted by molar-refractivity contribution is 5.95. The van der Waals surface area contributed by atoms with E-state index in [2.05, 4.69) is 4.74 Å². The van der Waals surface area contributed by atoms with Crippen LogP contribution in [0.15, 0.2) is 12.1 Å². The fourth-order valence-electron chi connectivity index (χ4n) is 2.10. The molecule has 0 atom stereocenters. The number of rotatable bonds is 4. The third-order valence-electron chi connectivity index (χ3n) is 3.04. The molecule has 0 fully saturated rings. The standard InChI is InChI=1S/C15H21NO4/c1-8(2)10-6-7-11(14(16)17)12(9(3)4)13(10)20-15(18)19-5/h6-9H,1-5H3,(H2,16,17). The van der Waals surface area contributed by atoms with Crippen molar-refractivity contribution >= 4 is 12.1 Å². The van der Waals surface area contributed by atoms with Crippen molar-refractivity contribution in [3.8, 4) is 5.75 Å². The monoisotopic (exact) mass is 279 g/mol. The molecule has 0 aliphatic heterocycles. The molecule has 5 heteroatoms. The first-order valence-corrected chi connectivity index (χ1v) is 6.51. The lowest BCUT2D eigenvalue weighted by atomic mass is 9.89. The summed E-state index contributed by atoms with van der Waals surface area (Å²) in [7, 11) is 1.24. The number of carbonyl (C=O) groups is 2. The summed E-state index contributed by atoms with van der Waals surface area (Å²) in [6, 6.07) is 3.44. The van der Waals surface area contributed by atoms with Gasteiger partial charge in [0.15, 0.2) is 0 Å². The number of methoxy groups -OCH3 is 1. The Morgan fingerprint density at radius 1 is 1.10 bits per heavy atom. The van der Waals surface area contributed by atoms with Gasteiger partial charge in [-0.25, -0.2) is 4.79 Å². The zero-order valence-electron chi connectivity index (χ0n) is 12.5. The van der Waals surface area contributed by atoms with Gasteiger partial charge < -0.3 is 15.2 Å². The van der Waals surface area contributed by atoms with E-state index in [9.17, 15) is 9.59 Å². The Balaban J connectivity index is 3.56. The van der Waals surface area contributed by atoms with Crippen molar-refractivity contribution in [3.63, 3.8) is 0 Å². The Kier molecular flexibility index (Phi) is 5.13. The van der Waals surface area contributed by atoms with Gasteiger partial charge in [0.05, 0.1) is 7.11 Å². The SMILES string of the molecule is COC(=O)Oc1c(C(C)C)ccc(C(N)=O)c1C(C)C. The molecule has 2 N–H and O–H groups in total. The summed E-state index contributed by atoms with van der Waals surface area (Å²) in [6.07, 6.45) is -0.810. The van der Waals surface area contributed by atoms with E-state index in [4.69, 9.17) is 10.5 Å². The Hall–Kier alpha value is -2.04. The lowest BCUT2D eigenvalue weighted by Gasteiger charge is -2.20. The van der Waals surface area contributed by atoms with Gasteiger partial charge in [0, 0.05) is 11.1 Å². The summed E-state index contributed by atoms with van der Waals surface area (Å²) in [4.78, 5) is 23.0. The van der Waals surface area contributed by atoms with Crippen LogP contribution in [0.2, 0.25) is 0 Å². The molecule has 20 heavy (non-hydrogen) atoms. The minimum Gasteiger partial charge on any atom is -0.437 e. The number of carbonyl (C=O) groups excluding carboxylic acids is 2. The van der Waals surface area contributed by atoms with E-state index in [1.165, 1.54) is 7.11 Å². The molecule has 0 radical (unpaired) electrons. The van der Waals surface area contributed by atoms with E-state index in [0.717, 1.165) is 5.56 Å². The predicted molar refractivity (Wildman–Crippen MR) is 76.2 cm³/mol. The van der Waals surface area contributed by atoms with Crippen molar-refractivity contribution in [2.45, 2.75) is 39.5 Å². The number of benzene rings is 1. The molecule has 1 aromatic rings. The minimum atomic E-state index is -0.810. The van der Waals surface area contributed by atoms with Crippen molar-refractivity contribution in [2.24, 2.45) is 5.73 Å². The van der Waals surface area contributed by atoms with Crippen LogP contribution in [0, 0.1) is 0 Å². The lowest BCUT2D eigenvalue weighted by molar-refractivity contribution is 0.0995. The van der Waals surface area contributed by atoms with E-state index in [0.29, 0.717) is 16.9 Å². The third-order valence-corrected chi connectivity index (χ3v) is 3.04. The molecule has 1 amide bonds. The maximum Gasteiger partial charge on any atom is 0.513 e. The molecule has 0 bridgehead atoms. The van der Waals surface area contributed by atoms with E-state index in [-0.39, 0.29) is 11.8 Å². The predicted octanol–water partition coefficient (Wildman–Crippen LogP) is 3.18. The van der Waals surface area contributed by atoms with Crippen LogP contribution in [-0.2, 0) is 4.74 Å². The van der Waals surface area contributed by atoms with Crippen molar-refractivity contribution in [1.82, 2.24) is 0 Å². The Bertz CT molecular complexity index is 521. The second-order valence-corrected chi connectivity index (χ2v) is 5.17. The molecule has 0 saturated heterocycles. The van der Waals surface area contributed by atoms with E-state index in [1.807, 2.05) is 27.7 Å². The van der Waals surface area contributed by atoms with Crippen LogP contribution in [0.3, 0.4) is 0 Å². The average Bonchev–Trinajstić information content (AvgIpc) is 2.36. The van der Waals surface area contributed by atoms with Crippen LogP contribution in [0.5, 0.6) is 5.75 Å². The normalized spacial score (nSPS) is 10.8. The summed E-state index contributed by atoms with van der Waals surface area (Å²) < 4.78 is 9.82. The Morgan fingerprint density at radius 2 is 1.70 bits per heavy atom. The van der Waals surface area contributed by atoms with Gasteiger partial charge >= 0.3 is 6.16 Å². The van der Waals surface area contributed by atoms with Crippen molar-refractivity contribution in [2.75, 3.05) is 7.11 Å². The average molecular weight is 279 g/mol. The largest absolute Gasteiger partial charge is 0.513 e.